The lowest BCUT2D eigenvalue weighted by atomic mass is 9.88. The fourth-order valence-electron chi connectivity index (χ4n) is 2.85. The van der Waals surface area contributed by atoms with Gasteiger partial charge in [0, 0.05) is 26.1 Å². The summed E-state index contributed by atoms with van der Waals surface area (Å²) in [5.41, 5.74) is 0. The number of nitrogens with one attached hydrogen (secondary N) is 1. The predicted octanol–water partition coefficient (Wildman–Crippen LogP) is 1.19. The lowest BCUT2D eigenvalue weighted by Gasteiger charge is -2.43. The maximum Gasteiger partial charge on any atom is 0.217 e. The average Bonchev–Trinajstić information content (AvgIpc) is 2.49. The van der Waals surface area contributed by atoms with E-state index in [1.165, 1.54) is 6.92 Å². The van der Waals surface area contributed by atoms with E-state index in [4.69, 9.17) is 14.6 Å². The highest BCUT2D eigenvalue weighted by molar-refractivity contribution is 5.73. The Morgan fingerprint density at radius 1 is 1.27 bits per heavy atom. The molecule has 0 aromatic heterocycles. The zero-order chi connectivity index (χ0) is 16.5. The summed E-state index contributed by atoms with van der Waals surface area (Å²) in [5.74, 6) is -0.252. The van der Waals surface area contributed by atoms with Crippen molar-refractivity contribution in [1.29, 1.82) is 0 Å². The Morgan fingerprint density at radius 3 is 2.55 bits per heavy atom. The molecule has 0 aromatic rings. The van der Waals surface area contributed by atoms with Crippen molar-refractivity contribution in [3.05, 3.63) is 0 Å². The van der Waals surface area contributed by atoms with Crippen LogP contribution in [0.15, 0.2) is 0 Å². The van der Waals surface area contributed by atoms with E-state index in [-0.39, 0.29) is 24.5 Å². The van der Waals surface area contributed by atoms with Gasteiger partial charge >= 0.3 is 0 Å². The number of carbonyl (C=O) groups is 1. The van der Waals surface area contributed by atoms with Crippen LogP contribution in [0.2, 0.25) is 0 Å². The normalized spacial score (nSPS) is 32.0. The molecule has 1 saturated heterocycles. The quantitative estimate of drug-likeness (QED) is 0.556. The molecule has 1 amide bonds. The molecule has 0 spiro atoms. The second kappa shape index (κ2) is 10.2. The number of rotatable bonds is 9. The van der Waals surface area contributed by atoms with Crippen molar-refractivity contribution in [2.24, 2.45) is 5.92 Å². The van der Waals surface area contributed by atoms with Gasteiger partial charge in [-0.1, -0.05) is 26.7 Å². The largest absolute Gasteiger partial charge is 0.396 e. The van der Waals surface area contributed by atoms with Gasteiger partial charge in [-0.15, -0.1) is 0 Å². The number of aliphatic hydroxyl groups is 2. The molecule has 0 saturated carbocycles. The Balaban J connectivity index is 2.52. The summed E-state index contributed by atoms with van der Waals surface area (Å²) in [7, 11) is 0. The maximum absolute atomic E-state index is 11.4. The number of aliphatic hydroxyl groups excluding tert-OH is 2. The fourth-order valence-corrected chi connectivity index (χ4v) is 2.85. The second-order valence-corrected chi connectivity index (χ2v) is 6.04. The molecule has 1 rings (SSSR count). The van der Waals surface area contributed by atoms with E-state index < -0.39 is 18.4 Å². The standard InChI is InChI=1S/C16H31NO5/c1-4-13-11(2)15(20)14(17-12(3)19)16(22-13)21-10-8-6-5-7-9-18/h11,13-16,18,20H,4-10H2,1-3H3,(H,17,19)/t11-,13?,14?,15?,16+/m0/s1. The van der Waals surface area contributed by atoms with E-state index in [0.29, 0.717) is 6.61 Å². The van der Waals surface area contributed by atoms with Crippen molar-refractivity contribution in [2.75, 3.05) is 13.2 Å². The first-order valence-electron chi connectivity index (χ1n) is 8.34. The zero-order valence-corrected chi connectivity index (χ0v) is 14.0. The minimum absolute atomic E-state index is 0.0498. The van der Waals surface area contributed by atoms with Crippen LogP contribution in [0.1, 0.15) is 52.9 Å². The van der Waals surface area contributed by atoms with Gasteiger partial charge in [-0.3, -0.25) is 4.79 Å². The van der Waals surface area contributed by atoms with Crippen molar-refractivity contribution in [3.8, 4) is 0 Å². The molecule has 1 aliphatic rings. The first-order valence-corrected chi connectivity index (χ1v) is 8.34. The van der Waals surface area contributed by atoms with Crippen molar-refractivity contribution in [3.63, 3.8) is 0 Å². The molecule has 1 heterocycles. The molecule has 1 fully saturated rings. The molecule has 6 nitrogen and oxygen atoms in total. The van der Waals surface area contributed by atoms with E-state index in [0.717, 1.165) is 32.1 Å². The minimum atomic E-state index is -0.679. The van der Waals surface area contributed by atoms with Crippen LogP contribution >= 0.6 is 0 Å². The fraction of sp³-hybridized carbons (Fsp3) is 0.938. The summed E-state index contributed by atoms with van der Waals surface area (Å²) < 4.78 is 11.7. The highest BCUT2D eigenvalue weighted by Crippen LogP contribution is 2.28. The number of carbonyl (C=O) groups excluding carboxylic acids is 1. The Hall–Kier alpha value is -0.690. The molecule has 22 heavy (non-hydrogen) atoms. The highest BCUT2D eigenvalue weighted by atomic mass is 16.7. The Labute approximate surface area is 133 Å². The van der Waals surface area contributed by atoms with Gasteiger partial charge in [0.2, 0.25) is 5.91 Å². The van der Waals surface area contributed by atoms with Crippen LogP contribution in [0.5, 0.6) is 0 Å². The third kappa shape index (κ3) is 5.83. The molecular formula is C16H31NO5. The number of hydrogen-bond donors (Lipinski definition) is 3. The number of ether oxygens (including phenoxy) is 2. The Kier molecular flexibility index (Phi) is 8.93. The van der Waals surface area contributed by atoms with Crippen molar-refractivity contribution in [1.82, 2.24) is 5.32 Å². The third-order valence-corrected chi connectivity index (χ3v) is 4.20. The average molecular weight is 317 g/mol. The molecule has 5 atom stereocenters. The van der Waals surface area contributed by atoms with Gasteiger partial charge in [-0.05, 0) is 19.3 Å². The molecule has 0 aromatic carbocycles. The molecular weight excluding hydrogens is 286 g/mol. The first-order chi connectivity index (χ1) is 10.5. The van der Waals surface area contributed by atoms with Crippen molar-refractivity contribution >= 4 is 5.91 Å². The minimum Gasteiger partial charge on any atom is -0.396 e. The summed E-state index contributed by atoms with van der Waals surface area (Å²) in [6.45, 7) is 6.11. The summed E-state index contributed by atoms with van der Waals surface area (Å²) in [4.78, 5) is 11.4. The molecule has 3 N–H and O–H groups in total. The molecule has 0 aliphatic carbocycles. The van der Waals surface area contributed by atoms with Crippen molar-refractivity contribution < 1.29 is 24.5 Å². The third-order valence-electron chi connectivity index (χ3n) is 4.20. The van der Waals surface area contributed by atoms with E-state index in [9.17, 15) is 9.90 Å². The predicted molar refractivity (Wildman–Crippen MR) is 83.2 cm³/mol. The zero-order valence-electron chi connectivity index (χ0n) is 14.0. The van der Waals surface area contributed by atoms with Gasteiger partial charge < -0.3 is 25.0 Å². The topological polar surface area (TPSA) is 88.0 Å². The van der Waals surface area contributed by atoms with Gasteiger partial charge in [0.15, 0.2) is 6.29 Å². The monoisotopic (exact) mass is 317 g/mol. The molecule has 130 valence electrons. The first kappa shape index (κ1) is 19.4. The second-order valence-electron chi connectivity index (χ2n) is 6.04. The smallest absolute Gasteiger partial charge is 0.217 e. The molecule has 0 bridgehead atoms. The lowest BCUT2D eigenvalue weighted by Crippen LogP contribution is -2.61. The summed E-state index contributed by atoms with van der Waals surface area (Å²) in [6.07, 6.45) is 3.06. The van der Waals surface area contributed by atoms with Crippen LogP contribution in [0.25, 0.3) is 0 Å². The number of amides is 1. The summed E-state index contributed by atoms with van der Waals surface area (Å²) in [6, 6.07) is -0.534. The van der Waals surface area contributed by atoms with E-state index in [1.54, 1.807) is 0 Å². The van der Waals surface area contributed by atoms with Gasteiger partial charge in [0.05, 0.1) is 12.2 Å². The van der Waals surface area contributed by atoms with Crippen molar-refractivity contribution in [2.45, 2.75) is 77.4 Å². The van der Waals surface area contributed by atoms with Gasteiger partial charge in [-0.2, -0.15) is 0 Å². The summed E-state index contributed by atoms with van der Waals surface area (Å²) >= 11 is 0. The van der Waals surface area contributed by atoms with Gasteiger partial charge in [0.1, 0.15) is 6.04 Å². The number of hydrogen-bond acceptors (Lipinski definition) is 5. The van der Waals surface area contributed by atoms with Crippen LogP contribution in [0.4, 0.5) is 0 Å². The van der Waals surface area contributed by atoms with Crippen LogP contribution in [0, 0.1) is 5.92 Å². The molecule has 3 unspecified atom stereocenters. The summed E-state index contributed by atoms with van der Waals surface area (Å²) in [5, 5.41) is 21.9. The van der Waals surface area contributed by atoms with Crippen LogP contribution in [-0.2, 0) is 14.3 Å². The van der Waals surface area contributed by atoms with Crippen LogP contribution in [0.3, 0.4) is 0 Å². The SMILES string of the molecule is CCC1O[C@@H](OCCCCCCO)C(NC(C)=O)C(O)[C@H]1C. The Morgan fingerprint density at radius 2 is 1.95 bits per heavy atom. The highest BCUT2D eigenvalue weighted by Gasteiger charge is 2.43. The number of unbranched alkanes of at least 4 members (excludes halogenated alkanes) is 3. The van der Waals surface area contributed by atoms with E-state index >= 15 is 0 Å². The van der Waals surface area contributed by atoms with Crippen LogP contribution < -0.4 is 5.32 Å². The lowest BCUT2D eigenvalue weighted by molar-refractivity contribution is -0.249. The van der Waals surface area contributed by atoms with E-state index in [2.05, 4.69) is 5.32 Å². The van der Waals surface area contributed by atoms with Gasteiger partial charge in [0.25, 0.3) is 0 Å². The molecule has 6 heteroatoms. The maximum atomic E-state index is 11.4. The Bertz CT molecular complexity index is 326. The molecule has 0 radical (unpaired) electrons. The van der Waals surface area contributed by atoms with Gasteiger partial charge in [-0.25, -0.2) is 0 Å². The molecule has 1 aliphatic heterocycles. The van der Waals surface area contributed by atoms with E-state index in [1.807, 2.05) is 13.8 Å². The van der Waals surface area contributed by atoms with Crippen LogP contribution in [-0.4, -0.2) is 53.9 Å².